The molecule has 0 atom stereocenters. The van der Waals surface area contributed by atoms with Gasteiger partial charge in [-0.05, 0) is 0 Å². The van der Waals surface area contributed by atoms with Gasteiger partial charge in [-0.25, -0.2) is 9.37 Å². The van der Waals surface area contributed by atoms with Gasteiger partial charge in [-0.2, -0.15) is 13.8 Å². The standard InChI is InChI=1S/C11H12F3N5O2S/c12-5(7(13)14)1-4-22-11-16-6-8(19(11)2-3-20)17-10(15)18-9(6)21/h20H,1-4H2,(H3,15,17,18,21). The minimum Gasteiger partial charge on any atom is -0.395 e. The number of nitrogens with zero attached hydrogens (tertiary/aromatic N) is 3. The number of nitrogens with two attached hydrogens (primary N) is 1. The van der Waals surface area contributed by atoms with Crippen LogP contribution in [0.3, 0.4) is 0 Å². The quantitative estimate of drug-likeness (QED) is 0.686. The molecule has 0 fully saturated rings. The van der Waals surface area contributed by atoms with Crippen LogP contribution in [0.2, 0.25) is 0 Å². The fourth-order valence-corrected chi connectivity index (χ4v) is 2.70. The molecule has 2 aromatic heterocycles. The van der Waals surface area contributed by atoms with Gasteiger partial charge in [0.05, 0.1) is 6.61 Å². The maximum Gasteiger partial charge on any atom is 0.301 e. The van der Waals surface area contributed by atoms with Gasteiger partial charge >= 0.3 is 6.08 Å². The van der Waals surface area contributed by atoms with E-state index < -0.39 is 23.9 Å². The highest BCUT2D eigenvalue weighted by Crippen LogP contribution is 2.24. The first-order valence-corrected chi connectivity index (χ1v) is 7.12. The number of aromatic nitrogens is 4. The molecular weight excluding hydrogens is 323 g/mol. The van der Waals surface area contributed by atoms with E-state index in [1.54, 1.807) is 0 Å². The van der Waals surface area contributed by atoms with E-state index in [1.165, 1.54) is 4.57 Å². The first-order chi connectivity index (χ1) is 10.4. The van der Waals surface area contributed by atoms with Crippen LogP contribution in [0, 0.1) is 0 Å². The van der Waals surface area contributed by atoms with Gasteiger partial charge in [-0.15, -0.1) is 0 Å². The molecule has 120 valence electrons. The van der Waals surface area contributed by atoms with Crippen molar-refractivity contribution in [2.24, 2.45) is 0 Å². The van der Waals surface area contributed by atoms with Crippen LogP contribution in [-0.2, 0) is 6.54 Å². The van der Waals surface area contributed by atoms with E-state index >= 15 is 0 Å². The number of aliphatic hydroxyl groups excluding tert-OH is 1. The lowest BCUT2D eigenvalue weighted by Gasteiger charge is -2.05. The maximum absolute atomic E-state index is 12.8. The summed E-state index contributed by atoms with van der Waals surface area (Å²) in [6.07, 6.45) is -2.82. The highest BCUT2D eigenvalue weighted by Gasteiger charge is 2.16. The Morgan fingerprint density at radius 2 is 2.09 bits per heavy atom. The van der Waals surface area contributed by atoms with Gasteiger partial charge in [0.1, 0.15) is 0 Å². The van der Waals surface area contributed by atoms with Crippen molar-refractivity contribution in [1.82, 2.24) is 19.5 Å². The lowest BCUT2D eigenvalue weighted by molar-refractivity contribution is 0.273. The van der Waals surface area contributed by atoms with Crippen LogP contribution in [0.25, 0.3) is 11.2 Å². The summed E-state index contributed by atoms with van der Waals surface area (Å²) in [7, 11) is 0. The summed E-state index contributed by atoms with van der Waals surface area (Å²) in [5, 5.41) is 9.34. The van der Waals surface area contributed by atoms with E-state index in [4.69, 9.17) is 10.8 Å². The van der Waals surface area contributed by atoms with Crippen molar-refractivity contribution in [1.29, 1.82) is 0 Å². The average molecular weight is 335 g/mol. The Morgan fingerprint density at radius 1 is 1.36 bits per heavy atom. The summed E-state index contributed by atoms with van der Waals surface area (Å²) in [5.41, 5.74) is 5.09. The van der Waals surface area contributed by atoms with E-state index in [0.717, 1.165) is 11.8 Å². The summed E-state index contributed by atoms with van der Waals surface area (Å²) >= 11 is 0.973. The largest absolute Gasteiger partial charge is 0.395 e. The second-order valence-electron chi connectivity index (χ2n) is 4.16. The predicted molar refractivity (Wildman–Crippen MR) is 75.3 cm³/mol. The summed E-state index contributed by atoms with van der Waals surface area (Å²) in [6, 6.07) is 0. The lowest BCUT2D eigenvalue weighted by atomic mass is 10.4. The molecular formula is C11H12F3N5O2S. The number of anilines is 1. The molecule has 0 unspecified atom stereocenters. The molecule has 0 radical (unpaired) electrons. The van der Waals surface area contributed by atoms with E-state index in [9.17, 15) is 18.0 Å². The van der Waals surface area contributed by atoms with Crippen molar-refractivity contribution >= 4 is 28.9 Å². The van der Waals surface area contributed by atoms with Gasteiger partial charge in [0.25, 0.3) is 5.56 Å². The average Bonchev–Trinajstić information content (AvgIpc) is 2.78. The Labute approximate surface area is 126 Å². The Hall–Kier alpha value is -2.01. The number of fused-ring (bicyclic) bond motifs is 1. The molecule has 0 aliphatic rings. The van der Waals surface area contributed by atoms with Crippen molar-refractivity contribution in [2.45, 2.75) is 18.1 Å². The predicted octanol–water partition coefficient (Wildman–Crippen LogP) is 1.25. The summed E-state index contributed by atoms with van der Waals surface area (Å²) in [5.74, 6) is -1.61. The molecule has 22 heavy (non-hydrogen) atoms. The molecule has 0 saturated heterocycles. The van der Waals surface area contributed by atoms with Crippen LogP contribution in [0.1, 0.15) is 6.42 Å². The number of aliphatic hydroxyl groups is 1. The Balaban J connectivity index is 2.33. The number of nitrogen functional groups attached to an aromatic ring is 1. The van der Waals surface area contributed by atoms with Crippen LogP contribution >= 0.6 is 11.8 Å². The van der Waals surface area contributed by atoms with E-state index in [-0.39, 0.29) is 41.2 Å². The number of hydrogen-bond acceptors (Lipinski definition) is 6. The van der Waals surface area contributed by atoms with E-state index in [1.807, 2.05) is 0 Å². The van der Waals surface area contributed by atoms with Crippen molar-refractivity contribution in [3.05, 3.63) is 22.3 Å². The van der Waals surface area contributed by atoms with Crippen LogP contribution in [-0.4, -0.2) is 37.0 Å². The van der Waals surface area contributed by atoms with E-state index in [0.29, 0.717) is 0 Å². The molecule has 0 aromatic carbocycles. The number of aromatic amines is 1. The monoisotopic (exact) mass is 335 g/mol. The first-order valence-electron chi connectivity index (χ1n) is 6.13. The van der Waals surface area contributed by atoms with Crippen molar-refractivity contribution in [3.8, 4) is 0 Å². The molecule has 7 nitrogen and oxygen atoms in total. The molecule has 4 N–H and O–H groups in total. The third kappa shape index (κ3) is 3.42. The normalized spacial score (nSPS) is 11.1. The van der Waals surface area contributed by atoms with Gasteiger partial charge in [0, 0.05) is 18.7 Å². The Kier molecular flexibility index (Phi) is 5.08. The van der Waals surface area contributed by atoms with Crippen LogP contribution in [0.15, 0.2) is 21.9 Å². The van der Waals surface area contributed by atoms with Gasteiger partial charge in [-0.1, -0.05) is 11.8 Å². The number of allylic oxidation sites excluding steroid dienone is 1. The van der Waals surface area contributed by atoms with Crippen LogP contribution in [0.4, 0.5) is 19.1 Å². The molecule has 0 aliphatic carbocycles. The molecule has 0 aliphatic heterocycles. The zero-order chi connectivity index (χ0) is 16.3. The van der Waals surface area contributed by atoms with Crippen LogP contribution < -0.4 is 11.3 Å². The number of imidazole rings is 1. The number of hydrogen-bond donors (Lipinski definition) is 3. The van der Waals surface area contributed by atoms with Gasteiger partial charge < -0.3 is 15.4 Å². The smallest absolute Gasteiger partial charge is 0.301 e. The molecule has 0 saturated carbocycles. The molecule has 2 rings (SSSR count). The van der Waals surface area contributed by atoms with Crippen molar-refractivity contribution in [2.75, 3.05) is 18.1 Å². The fraction of sp³-hybridized carbons (Fsp3) is 0.364. The number of thioether (sulfide) groups is 1. The second kappa shape index (κ2) is 6.83. The van der Waals surface area contributed by atoms with Gasteiger partial charge in [-0.3, -0.25) is 9.78 Å². The molecule has 2 heterocycles. The topological polar surface area (TPSA) is 110 Å². The third-order valence-corrected chi connectivity index (χ3v) is 3.65. The number of nitrogens with one attached hydrogen (secondary N) is 1. The molecule has 0 amide bonds. The summed E-state index contributed by atoms with van der Waals surface area (Å²) < 4.78 is 38.2. The Bertz CT molecular complexity index is 769. The third-order valence-electron chi connectivity index (χ3n) is 2.67. The summed E-state index contributed by atoms with van der Waals surface area (Å²) in [6.45, 7) is -0.161. The van der Waals surface area contributed by atoms with E-state index in [2.05, 4.69) is 15.0 Å². The Morgan fingerprint density at radius 3 is 2.73 bits per heavy atom. The fourth-order valence-electron chi connectivity index (χ4n) is 1.75. The second-order valence-corrected chi connectivity index (χ2v) is 5.22. The molecule has 0 spiro atoms. The molecule has 11 heteroatoms. The minimum atomic E-state index is -2.35. The highest BCUT2D eigenvalue weighted by molar-refractivity contribution is 7.99. The highest BCUT2D eigenvalue weighted by atomic mass is 32.2. The molecule has 2 aromatic rings. The summed E-state index contributed by atoms with van der Waals surface area (Å²) in [4.78, 5) is 22.0. The number of halogens is 3. The number of H-pyrrole nitrogens is 1. The van der Waals surface area contributed by atoms with Crippen LogP contribution in [0.5, 0.6) is 0 Å². The zero-order valence-electron chi connectivity index (χ0n) is 11.1. The lowest BCUT2D eigenvalue weighted by Crippen LogP contribution is -2.12. The maximum atomic E-state index is 12.8. The zero-order valence-corrected chi connectivity index (χ0v) is 12.0. The van der Waals surface area contributed by atoms with Crippen molar-refractivity contribution < 1.29 is 18.3 Å². The molecule has 0 bridgehead atoms. The first kappa shape index (κ1) is 16.4. The number of rotatable bonds is 6. The van der Waals surface area contributed by atoms with Gasteiger partial charge in [0.2, 0.25) is 5.95 Å². The van der Waals surface area contributed by atoms with Gasteiger partial charge in [0.15, 0.2) is 22.1 Å². The van der Waals surface area contributed by atoms with Crippen molar-refractivity contribution in [3.63, 3.8) is 0 Å². The SMILES string of the molecule is Nc1nc2c(nc(SCCC(F)=C(F)F)n2CCO)c(=O)[nH]1. The minimum absolute atomic E-state index is 0.00862.